The minimum atomic E-state index is -2.50. The van der Waals surface area contributed by atoms with Crippen LogP contribution in [-0.2, 0) is 36.8 Å². The van der Waals surface area contributed by atoms with Gasteiger partial charge in [0.2, 0.25) is 0 Å². The van der Waals surface area contributed by atoms with E-state index in [2.05, 4.69) is 4.74 Å². The number of hydrogen-bond acceptors (Lipinski definition) is 6. The summed E-state index contributed by atoms with van der Waals surface area (Å²) in [5, 5.41) is 0. The van der Waals surface area contributed by atoms with E-state index < -0.39 is 35.4 Å². The summed E-state index contributed by atoms with van der Waals surface area (Å²) in [5.41, 5.74) is 0.0894. The molecular weight excluding hydrogens is 386 g/mol. The third-order valence-electron chi connectivity index (χ3n) is 3.92. The monoisotopic (exact) mass is 413 g/mol. The number of carbonyl (C=O) groups excluding carboxylic acids is 2. The Balaban J connectivity index is 2.30. The molecule has 0 amide bonds. The van der Waals surface area contributed by atoms with Gasteiger partial charge >= 0.3 is 11.9 Å². The van der Waals surface area contributed by atoms with E-state index in [-0.39, 0.29) is 12.1 Å². The quantitative estimate of drug-likeness (QED) is 0.490. The average Bonchev–Trinajstić information content (AvgIpc) is 3.41. The highest BCUT2D eigenvalue weighted by molar-refractivity contribution is 7.80. The van der Waals surface area contributed by atoms with E-state index in [0.717, 1.165) is 17.1 Å². The van der Waals surface area contributed by atoms with E-state index in [1.165, 1.54) is 7.11 Å². The molecule has 1 atom stereocenters. The maximum absolute atomic E-state index is 12.2. The van der Waals surface area contributed by atoms with Crippen LogP contribution in [0.2, 0.25) is 0 Å². The Morgan fingerprint density at radius 2 is 1.93 bits per heavy atom. The first-order valence-electron chi connectivity index (χ1n) is 9.02. The highest BCUT2D eigenvalue weighted by atomic mass is 32.2. The lowest BCUT2D eigenvalue weighted by Gasteiger charge is -2.25. The first-order chi connectivity index (χ1) is 13.1. The van der Waals surface area contributed by atoms with Crippen molar-refractivity contribution in [3.8, 4) is 5.75 Å². The van der Waals surface area contributed by atoms with Crippen molar-refractivity contribution in [3.05, 3.63) is 23.8 Å². The van der Waals surface area contributed by atoms with Gasteiger partial charge in [-0.05, 0) is 57.2 Å². The van der Waals surface area contributed by atoms with E-state index in [4.69, 9.17) is 9.47 Å². The average molecular weight is 413 g/mol. The SMILES string of the molecule is COC(=O)Cc1ccc(OCC2CC2)c(N(CC(=O)OC(C)(C)C)S(=O)O)c1. The molecule has 1 aliphatic rings. The number of nitrogens with zero attached hydrogens (tertiary/aromatic N) is 1. The van der Waals surface area contributed by atoms with Gasteiger partial charge in [0.05, 0.1) is 25.8 Å². The van der Waals surface area contributed by atoms with Gasteiger partial charge in [-0.1, -0.05) is 6.07 Å². The summed E-state index contributed by atoms with van der Waals surface area (Å²) in [6.45, 7) is 5.19. The Morgan fingerprint density at radius 3 is 2.46 bits per heavy atom. The van der Waals surface area contributed by atoms with Gasteiger partial charge in [-0.3, -0.25) is 18.4 Å². The molecule has 1 aliphatic carbocycles. The molecule has 1 unspecified atom stereocenters. The summed E-state index contributed by atoms with van der Waals surface area (Å²) >= 11 is -2.50. The molecule has 1 N–H and O–H groups in total. The van der Waals surface area contributed by atoms with E-state index in [1.807, 2.05) is 0 Å². The number of esters is 2. The van der Waals surface area contributed by atoms with Crippen LogP contribution >= 0.6 is 0 Å². The Bertz CT molecular complexity index is 740. The highest BCUT2D eigenvalue weighted by Gasteiger charge is 2.27. The summed E-state index contributed by atoms with van der Waals surface area (Å²) in [7, 11) is 1.29. The van der Waals surface area contributed by atoms with Gasteiger partial charge in [0.25, 0.3) is 11.3 Å². The molecule has 0 saturated heterocycles. The van der Waals surface area contributed by atoms with Crippen LogP contribution in [0.1, 0.15) is 39.2 Å². The zero-order valence-corrected chi connectivity index (χ0v) is 17.4. The predicted octanol–water partition coefficient (Wildman–Crippen LogP) is 2.48. The van der Waals surface area contributed by atoms with Crippen molar-refractivity contribution in [2.24, 2.45) is 5.92 Å². The minimum Gasteiger partial charge on any atom is -0.491 e. The Kier molecular flexibility index (Phi) is 7.42. The normalized spacial score (nSPS) is 14.9. The van der Waals surface area contributed by atoms with Crippen molar-refractivity contribution < 1.29 is 32.6 Å². The fraction of sp³-hybridized carbons (Fsp3) is 0.579. The molecule has 0 aromatic heterocycles. The first kappa shape index (κ1) is 22.2. The van der Waals surface area contributed by atoms with Gasteiger partial charge in [0.15, 0.2) is 0 Å². The van der Waals surface area contributed by atoms with Crippen molar-refractivity contribution in [1.29, 1.82) is 0 Å². The van der Waals surface area contributed by atoms with E-state index >= 15 is 0 Å². The molecule has 8 nitrogen and oxygen atoms in total. The van der Waals surface area contributed by atoms with Crippen LogP contribution in [0, 0.1) is 5.92 Å². The van der Waals surface area contributed by atoms with Gasteiger partial charge < -0.3 is 14.2 Å². The number of anilines is 1. The molecule has 156 valence electrons. The maximum Gasteiger partial charge on any atom is 0.327 e. The molecule has 1 aromatic rings. The summed E-state index contributed by atoms with van der Waals surface area (Å²) in [6, 6.07) is 4.87. The summed E-state index contributed by atoms with van der Waals surface area (Å²) in [5.74, 6) is -0.254. The van der Waals surface area contributed by atoms with Crippen LogP contribution in [-0.4, -0.2) is 46.6 Å². The first-order valence-corrected chi connectivity index (χ1v) is 10.1. The van der Waals surface area contributed by atoms with E-state index in [1.54, 1.807) is 39.0 Å². The fourth-order valence-corrected chi connectivity index (χ4v) is 2.96. The van der Waals surface area contributed by atoms with Crippen LogP contribution in [0.3, 0.4) is 0 Å². The Morgan fingerprint density at radius 1 is 1.25 bits per heavy atom. The van der Waals surface area contributed by atoms with E-state index in [9.17, 15) is 18.4 Å². The van der Waals surface area contributed by atoms with Gasteiger partial charge in [-0.25, -0.2) is 4.21 Å². The predicted molar refractivity (Wildman–Crippen MR) is 104 cm³/mol. The summed E-state index contributed by atoms with van der Waals surface area (Å²) in [4.78, 5) is 23.8. The second-order valence-corrected chi connectivity index (χ2v) is 8.57. The molecular formula is C19H27NO7S. The highest BCUT2D eigenvalue weighted by Crippen LogP contribution is 2.34. The van der Waals surface area contributed by atoms with Crippen LogP contribution in [0.25, 0.3) is 0 Å². The topological polar surface area (TPSA) is 102 Å². The lowest BCUT2D eigenvalue weighted by molar-refractivity contribution is -0.152. The molecule has 9 heteroatoms. The van der Waals surface area contributed by atoms with Crippen molar-refractivity contribution in [2.75, 3.05) is 24.6 Å². The summed E-state index contributed by atoms with van der Waals surface area (Å²) in [6.07, 6.45) is 2.16. The van der Waals surface area contributed by atoms with Gasteiger partial charge in [0.1, 0.15) is 17.9 Å². The van der Waals surface area contributed by atoms with E-state index in [0.29, 0.717) is 23.8 Å². The Labute approximate surface area is 167 Å². The second kappa shape index (κ2) is 9.38. The zero-order chi connectivity index (χ0) is 20.9. The summed E-state index contributed by atoms with van der Waals surface area (Å²) < 4.78 is 38.5. The van der Waals surface area contributed by atoms with Crippen LogP contribution in [0.4, 0.5) is 5.69 Å². The number of carbonyl (C=O) groups is 2. The lowest BCUT2D eigenvalue weighted by atomic mass is 10.1. The molecule has 1 aromatic carbocycles. The molecule has 0 radical (unpaired) electrons. The lowest BCUT2D eigenvalue weighted by Crippen LogP contribution is -2.36. The molecule has 28 heavy (non-hydrogen) atoms. The number of hydrogen-bond donors (Lipinski definition) is 1. The second-order valence-electron chi connectivity index (χ2n) is 7.66. The van der Waals surface area contributed by atoms with Gasteiger partial charge in [-0.2, -0.15) is 0 Å². The molecule has 0 heterocycles. The fourth-order valence-electron chi connectivity index (χ4n) is 2.44. The molecule has 0 aliphatic heterocycles. The third kappa shape index (κ3) is 7.12. The number of ether oxygens (including phenoxy) is 3. The molecule has 2 rings (SSSR count). The largest absolute Gasteiger partial charge is 0.491 e. The van der Waals surface area contributed by atoms with Crippen molar-refractivity contribution in [1.82, 2.24) is 0 Å². The van der Waals surface area contributed by atoms with Crippen LogP contribution in [0.5, 0.6) is 5.75 Å². The Hall–Kier alpha value is -2.13. The standard InChI is InChI=1S/C19H27NO7S/c1-19(2,3)27-18(22)11-20(28(23)24)15-9-14(10-17(21)25-4)7-8-16(15)26-12-13-5-6-13/h7-9,13H,5-6,10-12H2,1-4H3,(H,23,24). The smallest absolute Gasteiger partial charge is 0.327 e. The van der Waals surface area contributed by atoms with Crippen molar-refractivity contribution in [3.63, 3.8) is 0 Å². The molecule has 0 bridgehead atoms. The molecule has 1 saturated carbocycles. The molecule has 0 spiro atoms. The number of methoxy groups -OCH3 is 1. The van der Waals surface area contributed by atoms with Crippen molar-refractivity contribution in [2.45, 2.75) is 45.6 Å². The molecule has 1 fully saturated rings. The van der Waals surface area contributed by atoms with Crippen LogP contribution in [0.15, 0.2) is 18.2 Å². The number of rotatable bonds is 9. The minimum absolute atomic E-state index is 0.00918. The van der Waals surface area contributed by atoms with Crippen LogP contribution < -0.4 is 9.04 Å². The van der Waals surface area contributed by atoms with Gasteiger partial charge in [0, 0.05) is 0 Å². The van der Waals surface area contributed by atoms with Gasteiger partial charge in [-0.15, -0.1) is 0 Å². The zero-order valence-electron chi connectivity index (χ0n) is 16.6. The number of benzene rings is 1. The van der Waals surface area contributed by atoms with Crippen molar-refractivity contribution >= 4 is 28.9 Å². The third-order valence-corrected chi connectivity index (χ3v) is 4.62. The maximum atomic E-state index is 12.2.